The van der Waals surface area contributed by atoms with Crippen molar-refractivity contribution >= 4 is 28.7 Å². The minimum Gasteiger partial charge on any atom is -0.316 e. The van der Waals surface area contributed by atoms with E-state index in [4.69, 9.17) is 0 Å². The van der Waals surface area contributed by atoms with Crippen LogP contribution in [0.4, 0.5) is 0 Å². The smallest absolute Gasteiger partial charge is 0.237 e. The molecule has 128 valence electrons. The molecule has 0 bridgehead atoms. The molecule has 1 amide bonds. The molecule has 0 saturated heterocycles. The van der Waals surface area contributed by atoms with E-state index in [0.717, 1.165) is 41.9 Å². The van der Waals surface area contributed by atoms with Crippen LogP contribution in [-0.2, 0) is 11.8 Å². The molecule has 2 aromatic rings. The predicted molar refractivity (Wildman–Crippen MR) is 95.6 cm³/mol. The van der Waals surface area contributed by atoms with E-state index < -0.39 is 0 Å². The van der Waals surface area contributed by atoms with E-state index in [1.807, 2.05) is 11.9 Å². The molecule has 2 aromatic heterocycles. The number of aromatic nitrogens is 4. The first-order valence-corrected chi connectivity index (χ1v) is 9.44. The molecule has 0 radical (unpaired) electrons. The highest BCUT2D eigenvalue weighted by atomic mass is 32.2. The van der Waals surface area contributed by atoms with Gasteiger partial charge in [-0.1, -0.05) is 24.8 Å². The monoisotopic (exact) mass is 345 g/mol. The van der Waals surface area contributed by atoms with Gasteiger partial charge in [-0.3, -0.25) is 9.48 Å². The average Bonchev–Trinajstić information content (AvgIpc) is 3.00. The Labute approximate surface area is 146 Å². The highest BCUT2D eigenvalue weighted by molar-refractivity contribution is 8.00. The number of fused-ring (bicyclic) bond motifs is 1. The Bertz CT molecular complexity index is 755. The summed E-state index contributed by atoms with van der Waals surface area (Å²) in [5.74, 6) is 0.545. The second-order valence-electron chi connectivity index (χ2n) is 5.96. The summed E-state index contributed by atoms with van der Waals surface area (Å²) >= 11 is 1.47. The lowest BCUT2D eigenvalue weighted by Gasteiger charge is -2.27. The Morgan fingerprint density at radius 1 is 1.38 bits per heavy atom. The summed E-state index contributed by atoms with van der Waals surface area (Å²) in [4.78, 5) is 23.3. The van der Waals surface area contributed by atoms with Gasteiger partial charge in [0.1, 0.15) is 11.4 Å². The summed E-state index contributed by atoms with van der Waals surface area (Å²) in [6.07, 6.45) is 11.0. The fourth-order valence-electron chi connectivity index (χ4n) is 2.98. The Balaban J connectivity index is 1.71. The summed E-state index contributed by atoms with van der Waals surface area (Å²) in [6.45, 7) is 2.90. The van der Waals surface area contributed by atoms with Crippen molar-refractivity contribution in [3.05, 3.63) is 24.3 Å². The number of carbonyl (C=O) groups is 1. The lowest BCUT2D eigenvalue weighted by atomic mass is 10.0. The van der Waals surface area contributed by atoms with Crippen molar-refractivity contribution in [3.63, 3.8) is 0 Å². The van der Waals surface area contributed by atoms with Crippen molar-refractivity contribution in [2.24, 2.45) is 7.05 Å². The zero-order chi connectivity index (χ0) is 16.9. The molecule has 0 fully saturated rings. The van der Waals surface area contributed by atoms with E-state index in [9.17, 15) is 4.79 Å². The van der Waals surface area contributed by atoms with E-state index in [1.54, 1.807) is 10.9 Å². The quantitative estimate of drug-likeness (QED) is 0.594. The zero-order valence-corrected chi connectivity index (χ0v) is 15.1. The molecule has 0 atom stereocenters. The standard InChI is InChI=1S/C17H23N5OS/c1-3-9-22(13-7-5-4-6-8-13)15(23)11-24-17-14-10-20-21(2)16(14)18-12-19-17/h7,10,12H,3-6,8-9,11H2,1-2H3. The number of aryl methyl sites for hydroxylation is 1. The van der Waals surface area contributed by atoms with Crippen LogP contribution in [0.25, 0.3) is 11.0 Å². The molecule has 7 heteroatoms. The molecule has 0 unspecified atom stereocenters. The molecule has 1 aliphatic carbocycles. The van der Waals surface area contributed by atoms with Gasteiger partial charge in [0.15, 0.2) is 5.65 Å². The van der Waals surface area contributed by atoms with Gasteiger partial charge in [0, 0.05) is 19.3 Å². The van der Waals surface area contributed by atoms with Crippen LogP contribution >= 0.6 is 11.8 Å². The van der Waals surface area contributed by atoms with Gasteiger partial charge >= 0.3 is 0 Å². The van der Waals surface area contributed by atoms with Crippen molar-refractivity contribution < 1.29 is 4.79 Å². The third kappa shape index (κ3) is 3.61. The number of amides is 1. The number of thioether (sulfide) groups is 1. The summed E-state index contributed by atoms with van der Waals surface area (Å²) in [5.41, 5.74) is 1.99. The second kappa shape index (κ2) is 7.79. The lowest BCUT2D eigenvalue weighted by Crippen LogP contribution is -2.33. The van der Waals surface area contributed by atoms with E-state index >= 15 is 0 Å². The number of nitrogens with zero attached hydrogens (tertiary/aromatic N) is 5. The maximum atomic E-state index is 12.7. The average molecular weight is 345 g/mol. The largest absolute Gasteiger partial charge is 0.316 e. The van der Waals surface area contributed by atoms with Crippen LogP contribution < -0.4 is 0 Å². The van der Waals surface area contributed by atoms with E-state index in [-0.39, 0.29) is 5.91 Å². The normalized spacial score (nSPS) is 14.7. The highest BCUT2D eigenvalue weighted by Gasteiger charge is 2.19. The second-order valence-corrected chi connectivity index (χ2v) is 6.92. The SMILES string of the molecule is CCCN(C(=O)CSc1ncnc2c1cnn2C)C1=CCCCC1. The molecular formula is C17H23N5OS. The van der Waals surface area contributed by atoms with Crippen molar-refractivity contribution in [2.75, 3.05) is 12.3 Å². The molecule has 0 aliphatic heterocycles. The van der Waals surface area contributed by atoms with Gasteiger partial charge in [-0.15, -0.1) is 0 Å². The molecule has 2 heterocycles. The van der Waals surface area contributed by atoms with Gasteiger partial charge in [0.05, 0.1) is 17.3 Å². The van der Waals surface area contributed by atoms with Crippen LogP contribution in [0, 0.1) is 0 Å². The minimum atomic E-state index is 0.158. The van der Waals surface area contributed by atoms with Gasteiger partial charge in [-0.2, -0.15) is 5.10 Å². The van der Waals surface area contributed by atoms with Crippen LogP contribution in [0.2, 0.25) is 0 Å². The van der Waals surface area contributed by atoms with Crippen molar-refractivity contribution in [1.29, 1.82) is 0 Å². The summed E-state index contributed by atoms with van der Waals surface area (Å²) < 4.78 is 1.72. The lowest BCUT2D eigenvalue weighted by molar-refractivity contribution is -0.126. The molecule has 0 N–H and O–H groups in total. The first-order chi connectivity index (χ1) is 11.7. The fourth-order valence-corrected chi connectivity index (χ4v) is 3.82. The number of hydrogen-bond acceptors (Lipinski definition) is 5. The Morgan fingerprint density at radius 3 is 3.00 bits per heavy atom. The maximum Gasteiger partial charge on any atom is 0.237 e. The van der Waals surface area contributed by atoms with E-state index in [1.165, 1.54) is 36.6 Å². The van der Waals surface area contributed by atoms with Crippen LogP contribution in [0.1, 0.15) is 39.0 Å². The summed E-state index contributed by atoms with van der Waals surface area (Å²) in [6, 6.07) is 0. The molecule has 0 saturated carbocycles. The number of rotatable bonds is 6. The molecule has 1 aliphatic rings. The Hall–Kier alpha value is -1.89. The van der Waals surface area contributed by atoms with Crippen LogP contribution in [0.5, 0.6) is 0 Å². The molecular weight excluding hydrogens is 322 g/mol. The highest BCUT2D eigenvalue weighted by Crippen LogP contribution is 2.26. The molecule has 3 rings (SSSR count). The van der Waals surface area contributed by atoms with Crippen molar-refractivity contribution in [2.45, 2.75) is 44.1 Å². The summed E-state index contributed by atoms with van der Waals surface area (Å²) in [7, 11) is 1.85. The number of carbonyl (C=O) groups excluding carboxylic acids is 1. The first-order valence-electron chi connectivity index (χ1n) is 8.45. The molecule has 24 heavy (non-hydrogen) atoms. The fraction of sp³-hybridized carbons (Fsp3) is 0.529. The van der Waals surface area contributed by atoms with Gasteiger partial charge in [0.25, 0.3) is 0 Å². The first kappa shape index (κ1) is 17.0. The van der Waals surface area contributed by atoms with Gasteiger partial charge in [-0.05, 0) is 32.1 Å². The van der Waals surface area contributed by atoms with Crippen LogP contribution in [-0.4, -0.2) is 42.9 Å². The van der Waals surface area contributed by atoms with Crippen molar-refractivity contribution in [1.82, 2.24) is 24.6 Å². The zero-order valence-electron chi connectivity index (χ0n) is 14.2. The number of allylic oxidation sites excluding steroid dienone is 2. The number of hydrogen-bond donors (Lipinski definition) is 0. The van der Waals surface area contributed by atoms with Crippen molar-refractivity contribution in [3.8, 4) is 0 Å². The molecule has 0 spiro atoms. The van der Waals surface area contributed by atoms with Crippen LogP contribution in [0.3, 0.4) is 0 Å². The summed E-state index contributed by atoms with van der Waals surface area (Å²) in [5, 5.41) is 5.93. The topological polar surface area (TPSA) is 63.9 Å². The minimum absolute atomic E-state index is 0.158. The Morgan fingerprint density at radius 2 is 2.25 bits per heavy atom. The predicted octanol–water partition coefficient (Wildman–Crippen LogP) is 3.15. The molecule has 0 aromatic carbocycles. The van der Waals surface area contributed by atoms with Gasteiger partial charge in [-0.25, -0.2) is 9.97 Å². The van der Waals surface area contributed by atoms with E-state index in [2.05, 4.69) is 28.1 Å². The van der Waals surface area contributed by atoms with Gasteiger partial charge in [0.2, 0.25) is 5.91 Å². The molecule has 6 nitrogen and oxygen atoms in total. The van der Waals surface area contributed by atoms with E-state index in [0.29, 0.717) is 5.75 Å². The maximum absolute atomic E-state index is 12.7. The van der Waals surface area contributed by atoms with Gasteiger partial charge < -0.3 is 4.90 Å². The third-order valence-electron chi connectivity index (χ3n) is 4.19. The Kier molecular flexibility index (Phi) is 5.50. The third-order valence-corrected chi connectivity index (χ3v) is 5.18. The van der Waals surface area contributed by atoms with Crippen LogP contribution in [0.15, 0.2) is 29.3 Å².